The molecule has 3 nitrogen and oxygen atoms in total. The molecule has 0 bridgehead atoms. The average Bonchev–Trinajstić information content (AvgIpc) is 2.27. The van der Waals surface area contributed by atoms with Crippen LogP contribution in [-0.2, 0) is 4.79 Å². The highest BCUT2D eigenvalue weighted by molar-refractivity contribution is 5.73. The number of hydrogen-bond acceptors (Lipinski definition) is 3. The summed E-state index contributed by atoms with van der Waals surface area (Å²) >= 11 is 0. The molecule has 0 amide bonds. The van der Waals surface area contributed by atoms with E-state index in [0.29, 0.717) is 0 Å². The fourth-order valence-corrected chi connectivity index (χ4v) is 1.96. The molecule has 0 radical (unpaired) electrons. The van der Waals surface area contributed by atoms with Crippen molar-refractivity contribution in [2.24, 2.45) is 0 Å². The average molecular weight is 196 g/mol. The van der Waals surface area contributed by atoms with Crippen LogP contribution in [0.4, 0.5) is 0 Å². The minimum absolute atomic E-state index is 0.856. The first-order valence-corrected chi connectivity index (χ1v) is 5.44. The molecule has 1 fully saturated rings. The normalized spacial score (nSPS) is 18.9. The predicted molar refractivity (Wildman–Crippen MR) is 57.9 cm³/mol. The van der Waals surface area contributed by atoms with Gasteiger partial charge in [-0.2, -0.15) is 0 Å². The lowest BCUT2D eigenvalue weighted by Crippen LogP contribution is -2.32. The number of aldehydes is 1. The summed E-state index contributed by atoms with van der Waals surface area (Å²) in [5.41, 5.74) is 1.91. The second-order valence-electron chi connectivity index (χ2n) is 3.63. The Hall–Kier alpha value is -0.990. The van der Waals surface area contributed by atoms with E-state index < -0.39 is 0 Å². The van der Waals surface area contributed by atoms with Gasteiger partial charge in [0.25, 0.3) is 0 Å². The van der Waals surface area contributed by atoms with E-state index in [1.165, 1.54) is 19.3 Å². The summed E-state index contributed by atoms with van der Waals surface area (Å²) in [5, 5.41) is 3.11. The molecule has 14 heavy (non-hydrogen) atoms. The first-order chi connectivity index (χ1) is 6.83. The molecule has 1 saturated heterocycles. The Morgan fingerprint density at radius 2 is 2.00 bits per heavy atom. The van der Waals surface area contributed by atoms with Crippen LogP contribution in [0.25, 0.3) is 0 Å². The summed E-state index contributed by atoms with van der Waals surface area (Å²) < 4.78 is 0. The molecule has 1 N–H and O–H groups in total. The number of allylic oxidation sites excluding steroid dienone is 2. The molecule has 0 aromatic rings. The number of hydrogen-bond donors (Lipinski definition) is 1. The van der Waals surface area contributed by atoms with E-state index in [2.05, 4.69) is 17.1 Å². The van der Waals surface area contributed by atoms with Crippen molar-refractivity contribution in [1.82, 2.24) is 10.2 Å². The van der Waals surface area contributed by atoms with Crippen LogP contribution in [0.3, 0.4) is 0 Å². The van der Waals surface area contributed by atoms with Crippen molar-refractivity contribution < 1.29 is 4.79 Å². The van der Waals surface area contributed by atoms with Crippen molar-refractivity contribution in [1.29, 1.82) is 0 Å². The molecule has 0 aromatic carbocycles. The van der Waals surface area contributed by atoms with Gasteiger partial charge < -0.3 is 10.2 Å². The Kier molecular flexibility index (Phi) is 4.50. The van der Waals surface area contributed by atoms with Crippen molar-refractivity contribution in [3.63, 3.8) is 0 Å². The lowest BCUT2D eigenvalue weighted by Gasteiger charge is -2.30. The second-order valence-corrected chi connectivity index (χ2v) is 3.63. The number of rotatable bonds is 4. The monoisotopic (exact) mass is 196 g/mol. The van der Waals surface area contributed by atoms with E-state index in [1.807, 2.05) is 7.05 Å². The van der Waals surface area contributed by atoms with Crippen LogP contribution in [0, 0.1) is 0 Å². The van der Waals surface area contributed by atoms with Gasteiger partial charge in [0, 0.05) is 25.8 Å². The van der Waals surface area contributed by atoms with Gasteiger partial charge in [-0.05, 0) is 25.7 Å². The van der Waals surface area contributed by atoms with Gasteiger partial charge in [-0.1, -0.05) is 6.92 Å². The zero-order chi connectivity index (χ0) is 10.4. The number of carbonyl (C=O) groups excluding carboxylic acids is 1. The van der Waals surface area contributed by atoms with Gasteiger partial charge >= 0.3 is 0 Å². The Labute approximate surface area is 86.2 Å². The van der Waals surface area contributed by atoms with E-state index in [1.54, 1.807) is 0 Å². The predicted octanol–water partition coefficient (Wildman–Crippen LogP) is 1.51. The molecule has 80 valence electrons. The molecule has 1 aliphatic heterocycles. The van der Waals surface area contributed by atoms with Crippen molar-refractivity contribution in [3.05, 3.63) is 11.4 Å². The third-order valence-corrected chi connectivity index (χ3v) is 2.77. The summed E-state index contributed by atoms with van der Waals surface area (Å²) in [5.74, 6) is 0. The molecule has 0 aliphatic carbocycles. The van der Waals surface area contributed by atoms with Crippen LogP contribution < -0.4 is 5.32 Å². The van der Waals surface area contributed by atoms with Crippen molar-refractivity contribution in [2.75, 3.05) is 20.1 Å². The Morgan fingerprint density at radius 3 is 2.43 bits per heavy atom. The second kappa shape index (κ2) is 5.68. The number of nitrogens with one attached hydrogen (secondary N) is 1. The molecular weight excluding hydrogens is 176 g/mol. The Balaban J connectivity index is 2.76. The van der Waals surface area contributed by atoms with Gasteiger partial charge in [-0.3, -0.25) is 4.79 Å². The number of nitrogens with zero attached hydrogens (tertiary/aromatic N) is 1. The summed E-state index contributed by atoms with van der Waals surface area (Å²) in [6, 6.07) is 0. The topological polar surface area (TPSA) is 32.3 Å². The first-order valence-electron chi connectivity index (χ1n) is 5.44. The first kappa shape index (κ1) is 11.1. The van der Waals surface area contributed by atoms with E-state index in [9.17, 15) is 4.79 Å². The summed E-state index contributed by atoms with van der Waals surface area (Å²) in [6.45, 7) is 4.12. The molecule has 0 spiro atoms. The molecule has 1 rings (SSSR count). The molecular formula is C11H20N2O. The van der Waals surface area contributed by atoms with Crippen LogP contribution in [0.2, 0.25) is 0 Å². The molecule has 0 saturated carbocycles. The summed E-state index contributed by atoms with van der Waals surface area (Å²) in [6.07, 6.45) is 5.58. The third-order valence-electron chi connectivity index (χ3n) is 2.77. The highest BCUT2D eigenvalue weighted by atomic mass is 16.1. The van der Waals surface area contributed by atoms with Gasteiger partial charge in [0.1, 0.15) is 0 Å². The van der Waals surface area contributed by atoms with Crippen LogP contribution in [0.1, 0.15) is 32.6 Å². The number of piperidine rings is 1. The van der Waals surface area contributed by atoms with E-state index in [4.69, 9.17) is 0 Å². The molecule has 1 aliphatic rings. The van der Waals surface area contributed by atoms with Crippen molar-refractivity contribution >= 4 is 6.29 Å². The maximum Gasteiger partial charge on any atom is 0.167 e. The number of likely N-dealkylation sites (tertiary alicyclic amines) is 1. The SMILES string of the molecule is CC/C(NC)=C(/C=O)N1CCCCC1. The zero-order valence-electron chi connectivity index (χ0n) is 9.18. The van der Waals surface area contributed by atoms with Crippen molar-refractivity contribution in [3.8, 4) is 0 Å². The van der Waals surface area contributed by atoms with E-state index >= 15 is 0 Å². The maximum absolute atomic E-state index is 11.0. The molecule has 0 atom stereocenters. The highest BCUT2D eigenvalue weighted by Gasteiger charge is 2.15. The summed E-state index contributed by atoms with van der Waals surface area (Å²) in [4.78, 5) is 13.2. The van der Waals surface area contributed by atoms with Crippen LogP contribution >= 0.6 is 0 Å². The van der Waals surface area contributed by atoms with E-state index in [0.717, 1.165) is 37.2 Å². The summed E-state index contributed by atoms with van der Waals surface area (Å²) in [7, 11) is 1.88. The van der Waals surface area contributed by atoms with Crippen LogP contribution in [0.5, 0.6) is 0 Å². The largest absolute Gasteiger partial charge is 0.390 e. The Bertz CT molecular complexity index is 211. The minimum Gasteiger partial charge on any atom is -0.390 e. The van der Waals surface area contributed by atoms with E-state index in [-0.39, 0.29) is 0 Å². The highest BCUT2D eigenvalue weighted by Crippen LogP contribution is 2.16. The van der Waals surface area contributed by atoms with Gasteiger partial charge in [-0.25, -0.2) is 0 Å². The lowest BCUT2D eigenvalue weighted by molar-refractivity contribution is -0.106. The third kappa shape index (κ3) is 2.50. The molecule has 1 heterocycles. The molecule has 0 aromatic heterocycles. The van der Waals surface area contributed by atoms with Crippen molar-refractivity contribution in [2.45, 2.75) is 32.6 Å². The molecule has 3 heteroatoms. The fraction of sp³-hybridized carbons (Fsp3) is 0.727. The van der Waals surface area contributed by atoms with Gasteiger partial charge in [0.15, 0.2) is 6.29 Å². The zero-order valence-corrected chi connectivity index (χ0v) is 9.18. The quantitative estimate of drug-likeness (QED) is 0.546. The van der Waals surface area contributed by atoms with Crippen LogP contribution in [-0.4, -0.2) is 31.3 Å². The standard InChI is InChI=1S/C11H20N2O/c1-3-10(12-2)11(9-14)13-7-5-4-6-8-13/h9,12H,3-8H2,1-2H3/b11-10+. The smallest absolute Gasteiger partial charge is 0.167 e. The van der Waals surface area contributed by atoms with Gasteiger partial charge in [0.2, 0.25) is 0 Å². The molecule has 0 unspecified atom stereocenters. The Morgan fingerprint density at radius 1 is 1.36 bits per heavy atom. The lowest BCUT2D eigenvalue weighted by atomic mass is 10.1. The fourth-order valence-electron chi connectivity index (χ4n) is 1.96. The minimum atomic E-state index is 0.856. The van der Waals surface area contributed by atoms with Gasteiger partial charge in [0.05, 0.1) is 5.70 Å². The maximum atomic E-state index is 11.0. The van der Waals surface area contributed by atoms with Gasteiger partial charge in [-0.15, -0.1) is 0 Å². The number of carbonyl (C=O) groups is 1. The van der Waals surface area contributed by atoms with Crippen LogP contribution in [0.15, 0.2) is 11.4 Å².